The molecule has 3 rings (SSSR count). The smallest absolute Gasteiger partial charge is 0.407 e. The molecule has 9 heteroatoms. The Labute approximate surface area is 150 Å². The van der Waals surface area contributed by atoms with Crippen LogP contribution in [0.2, 0.25) is 5.02 Å². The van der Waals surface area contributed by atoms with E-state index in [-0.39, 0.29) is 36.4 Å². The zero-order valence-corrected chi connectivity index (χ0v) is 14.7. The van der Waals surface area contributed by atoms with Crippen LogP contribution in [0.1, 0.15) is 32.1 Å². The summed E-state index contributed by atoms with van der Waals surface area (Å²) in [6.07, 6.45) is 5.90. The molecule has 0 spiro atoms. The van der Waals surface area contributed by atoms with Crippen molar-refractivity contribution < 1.29 is 14.6 Å². The molecule has 1 aromatic rings. The molecule has 1 aromatic heterocycles. The molecule has 1 saturated heterocycles. The van der Waals surface area contributed by atoms with Gasteiger partial charge in [-0.3, -0.25) is 4.79 Å². The summed E-state index contributed by atoms with van der Waals surface area (Å²) in [4.78, 5) is 26.0. The molecule has 1 atom stereocenters. The van der Waals surface area contributed by atoms with Crippen molar-refractivity contribution in [1.82, 2.24) is 15.1 Å². The quantitative estimate of drug-likeness (QED) is 0.806. The number of alkyl carbamates (subject to hydrolysis) is 1. The van der Waals surface area contributed by atoms with Crippen molar-refractivity contribution in [3.63, 3.8) is 0 Å². The minimum atomic E-state index is -0.434. The maximum absolute atomic E-state index is 12.1. The van der Waals surface area contributed by atoms with Gasteiger partial charge < -0.3 is 20.1 Å². The number of ether oxygens (including phenoxy) is 1. The van der Waals surface area contributed by atoms with E-state index in [0.29, 0.717) is 25.2 Å². The second-order valence-electron chi connectivity index (χ2n) is 6.48. The molecule has 1 aliphatic carbocycles. The van der Waals surface area contributed by atoms with Gasteiger partial charge >= 0.3 is 6.09 Å². The molecule has 1 aliphatic heterocycles. The van der Waals surface area contributed by atoms with Gasteiger partial charge in [0.25, 0.3) is 5.56 Å². The minimum absolute atomic E-state index is 0.0690. The zero-order valence-electron chi connectivity index (χ0n) is 14.0. The van der Waals surface area contributed by atoms with Crippen LogP contribution in [0.15, 0.2) is 11.0 Å². The molecule has 2 heterocycles. The molecule has 2 aliphatic rings. The molecular formula is C16H23ClN4O4. The van der Waals surface area contributed by atoms with Gasteiger partial charge in [-0.25, -0.2) is 9.48 Å². The number of aliphatic hydroxyl groups excluding tert-OH is 1. The number of carbonyl (C=O) groups excluding carboxylic acids is 1. The molecule has 8 nitrogen and oxygen atoms in total. The number of hydrogen-bond donors (Lipinski definition) is 2. The largest absolute Gasteiger partial charge is 0.444 e. The van der Waals surface area contributed by atoms with E-state index in [1.54, 1.807) is 0 Å². The lowest BCUT2D eigenvalue weighted by Gasteiger charge is -2.20. The van der Waals surface area contributed by atoms with Crippen LogP contribution in [0.5, 0.6) is 0 Å². The molecule has 1 saturated carbocycles. The molecule has 1 amide bonds. The predicted octanol–water partition coefficient (Wildman–Crippen LogP) is 1.14. The summed E-state index contributed by atoms with van der Waals surface area (Å²) in [7, 11) is 0. The van der Waals surface area contributed by atoms with Crippen molar-refractivity contribution in [2.75, 3.05) is 24.6 Å². The maximum Gasteiger partial charge on any atom is 0.407 e. The van der Waals surface area contributed by atoms with Crippen molar-refractivity contribution in [2.24, 2.45) is 0 Å². The SMILES string of the molecule is O=C(NC1CCCC1)O[C@@H]1CCN(c2cnn(CCO)c(=O)c2Cl)C1. The average molecular weight is 371 g/mol. The third kappa shape index (κ3) is 4.24. The first-order valence-corrected chi connectivity index (χ1v) is 9.05. The summed E-state index contributed by atoms with van der Waals surface area (Å²) >= 11 is 6.16. The van der Waals surface area contributed by atoms with Gasteiger partial charge in [-0.05, 0) is 12.8 Å². The lowest BCUT2D eigenvalue weighted by atomic mass is 10.3. The van der Waals surface area contributed by atoms with Crippen LogP contribution < -0.4 is 15.8 Å². The lowest BCUT2D eigenvalue weighted by molar-refractivity contribution is 0.105. The first-order chi connectivity index (χ1) is 12.1. The standard InChI is InChI=1S/C16H23ClN4O4/c17-14-13(9-18-21(7-8-22)15(14)23)20-6-5-12(10-20)25-16(24)19-11-3-1-2-4-11/h9,11-12,22H,1-8,10H2,(H,19,24)/t12-/m1/s1. The molecule has 25 heavy (non-hydrogen) atoms. The Morgan fingerprint density at radius 1 is 1.40 bits per heavy atom. The monoisotopic (exact) mass is 370 g/mol. The fourth-order valence-electron chi connectivity index (χ4n) is 3.40. The van der Waals surface area contributed by atoms with E-state index in [4.69, 9.17) is 21.4 Å². The third-order valence-corrected chi connectivity index (χ3v) is 5.07. The third-order valence-electron chi connectivity index (χ3n) is 4.71. The van der Waals surface area contributed by atoms with Crippen LogP contribution in [0, 0.1) is 0 Å². The van der Waals surface area contributed by atoms with E-state index in [0.717, 1.165) is 30.4 Å². The van der Waals surface area contributed by atoms with Crippen molar-refractivity contribution in [1.29, 1.82) is 0 Å². The topological polar surface area (TPSA) is 96.7 Å². The number of aliphatic hydroxyl groups is 1. The normalized spacial score (nSPS) is 20.9. The zero-order chi connectivity index (χ0) is 17.8. The van der Waals surface area contributed by atoms with Crippen LogP contribution in [0.4, 0.5) is 10.5 Å². The fourth-order valence-corrected chi connectivity index (χ4v) is 3.66. The number of nitrogens with zero attached hydrogens (tertiary/aromatic N) is 3. The Morgan fingerprint density at radius 2 is 2.16 bits per heavy atom. The van der Waals surface area contributed by atoms with Crippen LogP contribution in [-0.2, 0) is 11.3 Å². The maximum atomic E-state index is 12.1. The van der Waals surface area contributed by atoms with Gasteiger partial charge in [0, 0.05) is 19.0 Å². The Balaban J connectivity index is 1.58. The van der Waals surface area contributed by atoms with Crippen molar-refractivity contribution in [3.8, 4) is 0 Å². The van der Waals surface area contributed by atoms with Gasteiger partial charge in [-0.2, -0.15) is 5.10 Å². The molecule has 0 unspecified atom stereocenters. The van der Waals surface area contributed by atoms with Crippen LogP contribution in [0.3, 0.4) is 0 Å². The van der Waals surface area contributed by atoms with E-state index in [1.807, 2.05) is 4.90 Å². The highest BCUT2D eigenvalue weighted by Crippen LogP contribution is 2.26. The van der Waals surface area contributed by atoms with Crippen molar-refractivity contribution >= 4 is 23.4 Å². The van der Waals surface area contributed by atoms with E-state index < -0.39 is 5.56 Å². The molecule has 0 radical (unpaired) electrons. The van der Waals surface area contributed by atoms with Crippen LogP contribution in [-0.4, -0.2) is 52.8 Å². The number of aromatic nitrogens is 2. The summed E-state index contributed by atoms with van der Waals surface area (Å²) in [5.41, 5.74) is 0.0970. The van der Waals surface area contributed by atoms with E-state index >= 15 is 0 Å². The predicted molar refractivity (Wildman–Crippen MR) is 93.1 cm³/mol. The van der Waals surface area contributed by atoms with Gasteiger partial charge in [0.2, 0.25) is 0 Å². The second-order valence-corrected chi connectivity index (χ2v) is 6.86. The number of rotatable bonds is 5. The summed E-state index contributed by atoms with van der Waals surface area (Å²) in [6, 6.07) is 0.225. The van der Waals surface area contributed by atoms with Gasteiger partial charge in [0.05, 0.1) is 31.6 Å². The average Bonchev–Trinajstić information content (AvgIpc) is 3.24. The minimum Gasteiger partial charge on any atom is -0.444 e. The molecule has 138 valence electrons. The van der Waals surface area contributed by atoms with Gasteiger partial charge in [0.15, 0.2) is 0 Å². The highest BCUT2D eigenvalue weighted by molar-refractivity contribution is 6.33. The van der Waals surface area contributed by atoms with E-state index in [2.05, 4.69) is 10.4 Å². The number of amides is 1. The molecule has 0 aromatic carbocycles. The highest BCUT2D eigenvalue weighted by Gasteiger charge is 2.29. The van der Waals surface area contributed by atoms with Crippen LogP contribution >= 0.6 is 11.6 Å². The lowest BCUT2D eigenvalue weighted by Crippen LogP contribution is -2.36. The summed E-state index contributed by atoms with van der Waals surface area (Å²) in [6.45, 7) is 1.03. The molecule has 2 N–H and O–H groups in total. The summed E-state index contributed by atoms with van der Waals surface area (Å²) in [5, 5.41) is 15.9. The summed E-state index contributed by atoms with van der Waals surface area (Å²) < 4.78 is 6.62. The fraction of sp³-hybridized carbons (Fsp3) is 0.688. The number of anilines is 1. The highest BCUT2D eigenvalue weighted by atomic mass is 35.5. The van der Waals surface area contributed by atoms with Crippen molar-refractivity contribution in [2.45, 2.75) is 50.8 Å². The Bertz CT molecular complexity index is 675. The number of nitrogens with one attached hydrogen (secondary N) is 1. The number of hydrogen-bond acceptors (Lipinski definition) is 6. The Morgan fingerprint density at radius 3 is 2.88 bits per heavy atom. The number of carbonyl (C=O) groups is 1. The molecule has 0 bridgehead atoms. The van der Waals surface area contributed by atoms with E-state index in [9.17, 15) is 9.59 Å². The molecular weight excluding hydrogens is 348 g/mol. The van der Waals surface area contributed by atoms with Gasteiger partial charge in [0.1, 0.15) is 11.1 Å². The summed E-state index contributed by atoms with van der Waals surface area (Å²) in [5.74, 6) is 0. The van der Waals surface area contributed by atoms with Crippen molar-refractivity contribution in [3.05, 3.63) is 21.6 Å². The van der Waals surface area contributed by atoms with Crippen LogP contribution in [0.25, 0.3) is 0 Å². The van der Waals surface area contributed by atoms with Gasteiger partial charge in [-0.15, -0.1) is 0 Å². The number of halogens is 1. The first kappa shape index (κ1) is 18.0. The second kappa shape index (κ2) is 8.05. The molecule has 2 fully saturated rings. The van der Waals surface area contributed by atoms with E-state index in [1.165, 1.54) is 6.20 Å². The van der Waals surface area contributed by atoms with Gasteiger partial charge in [-0.1, -0.05) is 24.4 Å². The first-order valence-electron chi connectivity index (χ1n) is 8.67. The Kier molecular flexibility index (Phi) is 5.80. The Hall–Kier alpha value is -1.80.